The van der Waals surface area contributed by atoms with E-state index in [4.69, 9.17) is 11.5 Å². The average molecular weight is 229 g/mol. The lowest BCUT2D eigenvalue weighted by Crippen LogP contribution is -2.53. The SMILES string of the molecule is CCCC(C)N(C)C(C)CC(C)(N)C(N)=O. The molecule has 0 aromatic heterocycles. The Kier molecular flexibility index (Phi) is 5.97. The van der Waals surface area contributed by atoms with Gasteiger partial charge in [0.1, 0.15) is 0 Å². The van der Waals surface area contributed by atoms with E-state index in [9.17, 15) is 4.79 Å². The highest BCUT2D eigenvalue weighted by Crippen LogP contribution is 2.16. The number of amides is 1. The third-order valence-electron chi connectivity index (χ3n) is 3.38. The molecule has 0 fully saturated rings. The van der Waals surface area contributed by atoms with Crippen molar-refractivity contribution >= 4 is 5.91 Å². The van der Waals surface area contributed by atoms with Gasteiger partial charge in [-0.25, -0.2) is 0 Å². The van der Waals surface area contributed by atoms with Crippen molar-refractivity contribution in [3.63, 3.8) is 0 Å². The second-order valence-corrected chi connectivity index (χ2v) is 5.14. The van der Waals surface area contributed by atoms with E-state index >= 15 is 0 Å². The van der Waals surface area contributed by atoms with E-state index < -0.39 is 11.4 Å². The largest absolute Gasteiger partial charge is 0.368 e. The number of rotatable bonds is 7. The Labute approximate surface area is 99.4 Å². The Balaban J connectivity index is 4.34. The molecule has 0 heterocycles. The number of carbonyl (C=O) groups excluding carboxylic acids is 1. The molecule has 4 N–H and O–H groups in total. The van der Waals surface area contributed by atoms with Crippen molar-refractivity contribution in [3.8, 4) is 0 Å². The van der Waals surface area contributed by atoms with Gasteiger partial charge >= 0.3 is 0 Å². The van der Waals surface area contributed by atoms with Crippen molar-refractivity contribution < 1.29 is 4.79 Å². The van der Waals surface area contributed by atoms with Gasteiger partial charge in [-0.2, -0.15) is 0 Å². The fourth-order valence-electron chi connectivity index (χ4n) is 1.91. The zero-order valence-corrected chi connectivity index (χ0v) is 11.3. The van der Waals surface area contributed by atoms with E-state index in [0.717, 1.165) is 12.8 Å². The molecule has 0 radical (unpaired) electrons. The van der Waals surface area contributed by atoms with E-state index in [0.29, 0.717) is 12.5 Å². The fourth-order valence-corrected chi connectivity index (χ4v) is 1.91. The highest BCUT2D eigenvalue weighted by Gasteiger charge is 2.30. The molecule has 0 bridgehead atoms. The number of nitrogens with zero attached hydrogens (tertiary/aromatic N) is 1. The van der Waals surface area contributed by atoms with Gasteiger partial charge in [-0.05, 0) is 40.7 Å². The minimum atomic E-state index is -0.917. The second-order valence-electron chi connectivity index (χ2n) is 5.14. The van der Waals surface area contributed by atoms with Gasteiger partial charge in [0.05, 0.1) is 5.54 Å². The van der Waals surface area contributed by atoms with Crippen LogP contribution >= 0.6 is 0 Å². The smallest absolute Gasteiger partial charge is 0.237 e. The number of hydrogen-bond donors (Lipinski definition) is 2. The van der Waals surface area contributed by atoms with Crippen molar-refractivity contribution in [3.05, 3.63) is 0 Å². The van der Waals surface area contributed by atoms with Crippen molar-refractivity contribution in [1.82, 2.24) is 4.90 Å². The summed E-state index contributed by atoms with van der Waals surface area (Å²) in [6.45, 7) is 8.15. The van der Waals surface area contributed by atoms with Crippen LogP contribution in [0.4, 0.5) is 0 Å². The normalized spacial score (nSPS) is 19.2. The summed E-state index contributed by atoms with van der Waals surface area (Å²) in [5.74, 6) is -0.434. The van der Waals surface area contributed by atoms with Gasteiger partial charge in [0.2, 0.25) is 5.91 Å². The summed E-state index contributed by atoms with van der Waals surface area (Å²) in [4.78, 5) is 13.4. The average Bonchev–Trinajstić information content (AvgIpc) is 2.15. The lowest BCUT2D eigenvalue weighted by Gasteiger charge is -2.34. The molecule has 0 aromatic carbocycles. The zero-order valence-electron chi connectivity index (χ0n) is 11.3. The van der Waals surface area contributed by atoms with Crippen LogP contribution in [-0.2, 0) is 4.79 Å². The second kappa shape index (κ2) is 6.21. The van der Waals surface area contributed by atoms with Crippen LogP contribution in [0, 0.1) is 0 Å². The van der Waals surface area contributed by atoms with E-state index in [2.05, 4.69) is 32.7 Å². The first-order valence-electron chi connectivity index (χ1n) is 6.03. The highest BCUT2D eigenvalue weighted by atomic mass is 16.1. The maximum Gasteiger partial charge on any atom is 0.237 e. The third-order valence-corrected chi connectivity index (χ3v) is 3.38. The van der Waals surface area contributed by atoms with Crippen molar-refractivity contribution in [2.45, 2.75) is 64.6 Å². The van der Waals surface area contributed by atoms with E-state index in [1.54, 1.807) is 6.92 Å². The molecule has 0 aliphatic rings. The minimum Gasteiger partial charge on any atom is -0.368 e. The van der Waals surface area contributed by atoms with Gasteiger partial charge < -0.3 is 16.4 Å². The Bertz CT molecular complexity index is 228. The van der Waals surface area contributed by atoms with E-state index in [-0.39, 0.29) is 6.04 Å². The summed E-state index contributed by atoms with van der Waals surface area (Å²) in [6, 6.07) is 0.757. The van der Waals surface area contributed by atoms with Gasteiger partial charge in [0.25, 0.3) is 0 Å². The Hall–Kier alpha value is -0.610. The Morgan fingerprint density at radius 1 is 1.38 bits per heavy atom. The standard InChI is InChI=1S/C12H27N3O/c1-6-7-9(2)15(5)10(3)8-12(4,14)11(13)16/h9-10H,6-8,14H2,1-5H3,(H2,13,16). The molecule has 0 saturated heterocycles. The molecule has 0 aliphatic heterocycles. The molecule has 0 rings (SSSR count). The summed E-state index contributed by atoms with van der Waals surface area (Å²) in [5.41, 5.74) is 10.2. The van der Waals surface area contributed by atoms with Crippen LogP contribution in [0.3, 0.4) is 0 Å². The molecule has 16 heavy (non-hydrogen) atoms. The highest BCUT2D eigenvalue weighted by molar-refractivity contribution is 5.83. The van der Waals surface area contributed by atoms with Crippen molar-refractivity contribution in [2.75, 3.05) is 7.05 Å². The molecule has 4 nitrogen and oxygen atoms in total. The number of carbonyl (C=O) groups is 1. The fraction of sp³-hybridized carbons (Fsp3) is 0.917. The maximum absolute atomic E-state index is 11.2. The molecular formula is C12H27N3O. The van der Waals surface area contributed by atoms with Crippen molar-refractivity contribution in [2.24, 2.45) is 11.5 Å². The molecule has 0 saturated carbocycles. The zero-order chi connectivity index (χ0) is 12.9. The quantitative estimate of drug-likeness (QED) is 0.686. The Morgan fingerprint density at radius 3 is 2.25 bits per heavy atom. The van der Waals surface area contributed by atoms with Crippen LogP contribution < -0.4 is 11.5 Å². The number of nitrogens with two attached hydrogens (primary N) is 2. The van der Waals surface area contributed by atoms with Crippen LogP contribution in [0.1, 0.15) is 47.0 Å². The number of hydrogen-bond acceptors (Lipinski definition) is 3. The van der Waals surface area contributed by atoms with Crippen LogP contribution in [0.15, 0.2) is 0 Å². The molecule has 96 valence electrons. The monoisotopic (exact) mass is 229 g/mol. The summed E-state index contributed by atoms with van der Waals surface area (Å²) in [6.07, 6.45) is 2.90. The Morgan fingerprint density at radius 2 is 1.88 bits per heavy atom. The maximum atomic E-state index is 11.2. The predicted molar refractivity (Wildman–Crippen MR) is 68.0 cm³/mol. The summed E-state index contributed by atoms with van der Waals surface area (Å²) in [5, 5.41) is 0. The lowest BCUT2D eigenvalue weighted by atomic mass is 9.93. The van der Waals surface area contributed by atoms with Gasteiger partial charge in [-0.15, -0.1) is 0 Å². The van der Waals surface area contributed by atoms with Crippen LogP contribution in [0.5, 0.6) is 0 Å². The van der Waals surface area contributed by atoms with Crippen LogP contribution in [-0.4, -0.2) is 35.5 Å². The van der Waals surface area contributed by atoms with Gasteiger partial charge in [-0.1, -0.05) is 13.3 Å². The first-order valence-corrected chi connectivity index (χ1v) is 6.03. The van der Waals surface area contributed by atoms with E-state index in [1.165, 1.54) is 0 Å². The summed E-state index contributed by atoms with van der Waals surface area (Å²) in [7, 11) is 2.07. The van der Waals surface area contributed by atoms with Gasteiger partial charge in [-0.3, -0.25) is 4.79 Å². The molecule has 0 aromatic rings. The molecule has 3 atom stereocenters. The summed E-state index contributed by atoms with van der Waals surface area (Å²) >= 11 is 0. The van der Waals surface area contributed by atoms with Crippen LogP contribution in [0.2, 0.25) is 0 Å². The topological polar surface area (TPSA) is 72.3 Å². The molecule has 3 unspecified atom stereocenters. The molecular weight excluding hydrogens is 202 g/mol. The van der Waals surface area contributed by atoms with Gasteiger partial charge in [0.15, 0.2) is 0 Å². The summed E-state index contributed by atoms with van der Waals surface area (Å²) < 4.78 is 0. The molecule has 0 spiro atoms. The molecule has 0 aliphatic carbocycles. The van der Waals surface area contributed by atoms with Gasteiger partial charge in [0, 0.05) is 12.1 Å². The van der Waals surface area contributed by atoms with E-state index in [1.807, 2.05) is 0 Å². The number of primary amides is 1. The third kappa shape index (κ3) is 4.49. The molecule has 1 amide bonds. The van der Waals surface area contributed by atoms with Crippen LogP contribution in [0.25, 0.3) is 0 Å². The predicted octanol–water partition coefficient (Wildman–Crippen LogP) is 1.09. The lowest BCUT2D eigenvalue weighted by molar-refractivity contribution is -0.123. The first-order chi connectivity index (χ1) is 7.22. The minimum absolute atomic E-state index is 0.254. The molecule has 4 heteroatoms. The first kappa shape index (κ1) is 15.4. The van der Waals surface area contributed by atoms with Crippen molar-refractivity contribution in [1.29, 1.82) is 0 Å².